The summed E-state index contributed by atoms with van der Waals surface area (Å²) in [5.74, 6) is 0.709. The van der Waals surface area contributed by atoms with Gasteiger partial charge in [-0.15, -0.1) is 0 Å². The third-order valence-electron chi connectivity index (χ3n) is 4.08. The molecule has 1 aromatic carbocycles. The van der Waals surface area contributed by atoms with Crippen molar-refractivity contribution in [2.75, 3.05) is 37.7 Å². The number of ether oxygens (including phenoxy) is 1. The van der Waals surface area contributed by atoms with Crippen LogP contribution in [0.1, 0.15) is 12.8 Å². The Hall–Kier alpha value is -0.770. The molecule has 2 fully saturated rings. The molecule has 0 unspecified atom stereocenters. The van der Waals surface area contributed by atoms with Crippen LogP contribution in [-0.2, 0) is 4.74 Å². The highest BCUT2D eigenvalue weighted by Crippen LogP contribution is 2.23. The van der Waals surface area contributed by atoms with Gasteiger partial charge in [0.15, 0.2) is 0 Å². The molecule has 0 bridgehead atoms. The van der Waals surface area contributed by atoms with Crippen molar-refractivity contribution in [3.63, 3.8) is 0 Å². The third-order valence-corrected chi connectivity index (χ3v) is 4.32. The number of hydrogen-bond acceptors (Lipinski definition) is 3. The summed E-state index contributed by atoms with van der Waals surface area (Å²) in [6, 6.07) is 8.73. The molecule has 4 heteroatoms. The summed E-state index contributed by atoms with van der Waals surface area (Å²) in [6.45, 7) is 5.14. The predicted molar refractivity (Wildman–Crippen MR) is 79.0 cm³/mol. The molecule has 2 aliphatic rings. The van der Waals surface area contributed by atoms with Crippen molar-refractivity contribution in [2.24, 2.45) is 5.92 Å². The van der Waals surface area contributed by atoms with Crippen LogP contribution in [0.15, 0.2) is 24.3 Å². The van der Waals surface area contributed by atoms with Gasteiger partial charge in [0.25, 0.3) is 0 Å². The second-order valence-corrected chi connectivity index (χ2v) is 5.99. The van der Waals surface area contributed by atoms with Crippen LogP contribution in [0.25, 0.3) is 0 Å². The van der Waals surface area contributed by atoms with Gasteiger partial charge >= 0.3 is 0 Å². The first-order valence-electron chi connectivity index (χ1n) is 7.13. The van der Waals surface area contributed by atoms with E-state index in [4.69, 9.17) is 16.3 Å². The van der Waals surface area contributed by atoms with Crippen LogP contribution in [-0.4, -0.2) is 38.9 Å². The fraction of sp³-hybridized carbons (Fsp3) is 0.600. The van der Waals surface area contributed by atoms with E-state index in [9.17, 15) is 0 Å². The normalized spacial score (nSPS) is 27.1. The lowest BCUT2D eigenvalue weighted by Gasteiger charge is -2.20. The number of rotatable bonds is 4. The molecule has 2 atom stereocenters. The zero-order chi connectivity index (χ0) is 13.1. The van der Waals surface area contributed by atoms with Crippen LogP contribution in [0.5, 0.6) is 0 Å². The standard InChI is InChI=1S/C15H21ClN2O/c16-13-2-1-3-15(8-13)18-6-4-14(10-18)17-9-12-5-7-19-11-12/h1-3,8,12,14,17H,4-7,9-11H2/t12-,14-/m1/s1. The number of halogens is 1. The molecule has 3 nitrogen and oxygen atoms in total. The Morgan fingerprint density at radius 3 is 3.11 bits per heavy atom. The van der Waals surface area contributed by atoms with Crippen LogP contribution in [0.3, 0.4) is 0 Å². The molecule has 0 aromatic heterocycles. The Morgan fingerprint density at radius 1 is 1.37 bits per heavy atom. The van der Waals surface area contributed by atoms with Gasteiger partial charge in [-0.3, -0.25) is 0 Å². The van der Waals surface area contributed by atoms with Crippen molar-refractivity contribution in [3.05, 3.63) is 29.3 Å². The van der Waals surface area contributed by atoms with Crippen LogP contribution < -0.4 is 10.2 Å². The van der Waals surface area contributed by atoms with Crippen LogP contribution in [0.4, 0.5) is 5.69 Å². The summed E-state index contributed by atoms with van der Waals surface area (Å²) in [4.78, 5) is 2.41. The highest BCUT2D eigenvalue weighted by molar-refractivity contribution is 6.30. The van der Waals surface area contributed by atoms with Crippen molar-refractivity contribution in [3.8, 4) is 0 Å². The zero-order valence-electron chi connectivity index (χ0n) is 11.1. The van der Waals surface area contributed by atoms with Gasteiger partial charge in [-0.25, -0.2) is 0 Å². The Bertz CT molecular complexity index is 420. The molecule has 0 amide bonds. The van der Waals surface area contributed by atoms with E-state index in [0.717, 1.165) is 37.9 Å². The van der Waals surface area contributed by atoms with Gasteiger partial charge < -0.3 is 15.0 Å². The monoisotopic (exact) mass is 280 g/mol. The smallest absolute Gasteiger partial charge is 0.0507 e. The van der Waals surface area contributed by atoms with Gasteiger partial charge in [0.1, 0.15) is 0 Å². The Kier molecular flexibility index (Phi) is 4.26. The second-order valence-electron chi connectivity index (χ2n) is 5.55. The molecule has 0 aliphatic carbocycles. The summed E-state index contributed by atoms with van der Waals surface area (Å²) >= 11 is 6.05. The molecule has 104 valence electrons. The maximum atomic E-state index is 6.05. The van der Waals surface area contributed by atoms with Crippen molar-refractivity contribution >= 4 is 17.3 Å². The number of hydrogen-bond donors (Lipinski definition) is 1. The zero-order valence-corrected chi connectivity index (χ0v) is 11.9. The molecule has 0 radical (unpaired) electrons. The molecule has 0 saturated carbocycles. The van der Waals surface area contributed by atoms with Gasteiger partial charge in [0.05, 0.1) is 6.61 Å². The molecule has 2 aliphatic heterocycles. The SMILES string of the molecule is Clc1cccc(N2CC[C@@H](NC[C@H]3CCOC3)C2)c1. The van der Waals surface area contributed by atoms with Crippen LogP contribution in [0.2, 0.25) is 5.02 Å². The van der Waals surface area contributed by atoms with E-state index in [2.05, 4.69) is 22.3 Å². The Balaban J connectivity index is 1.49. The molecule has 1 aromatic rings. The van der Waals surface area contributed by atoms with Gasteiger partial charge in [-0.1, -0.05) is 17.7 Å². The molecular formula is C15H21ClN2O. The highest BCUT2D eigenvalue weighted by atomic mass is 35.5. The number of anilines is 1. The largest absolute Gasteiger partial charge is 0.381 e. The molecule has 1 N–H and O–H groups in total. The summed E-state index contributed by atoms with van der Waals surface area (Å²) in [5.41, 5.74) is 1.24. The van der Waals surface area contributed by atoms with Gasteiger partial charge in [-0.2, -0.15) is 0 Å². The molecule has 0 spiro atoms. The maximum absolute atomic E-state index is 6.05. The first-order valence-corrected chi connectivity index (χ1v) is 7.51. The van der Waals surface area contributed by atoms with E-state index >= 15 is 0 Å². The Morgan fingerprint density at radius 2 is 2.32 bits per heavy atom. The minimum absolute atomic E-state index is 0.597. The lowest BCUT2D eigenvalue weighted by Crippen LogP contribution is -2.36. The summed E-state index contributed by atoms with van der Waals surface area (Å²) in [7, 11) is 0. The van der Waals surface area contributed by atoms with E-state index in [-0.39, 0.29) is 0 Å². The van der Waals surface area contributed by atoms with E-state index in [1.807, 2.05) is 12.1 Å². The maximum Gasteiger partial charge on any atom is 0.0507 e. The first kappa shape index (κ1) is 13.2. The average Bonchev–Trinajstić information content (AvgIpc) is 3.08. The summed E-state index contributed by atoms with van der Waals surface area (Å²) < 4.78 is 5.41. The highest BCUT2D eigenvalue weighted by Gasteiger charge is 2.24. The second kappa shape index (κ2) is 6.12. The van der Waals surface area contributed by atoms with Crippen molar-refractivity contribution < 1.29 is 4.74 Å². The van der Waals surface area contributed by atoms with E-state index < -0.39 is 0 Å². The summed E-state index contributed by atoms with van der Waals surface area (Å²) in [6.07, 6.45) is 2.41. The molecule has 19 heavy (non-hydrogen) atoms. The van der Waals surface area contributed by atoms with Crippen molar-refractivity contribution in [1.29, 1.82) is 0 Å². The number of benzene rings is 1. The molecule has 2 heterocycles. The first-order chi connectivity index (χ1) is 9.31. The fourth-order valence-electron chi connectivity index (χ4n) is 2.91. The van der Waals surface area contributed by atoms with E-state index in [0.29, 0.717) is 12.0 Å². The van der Waals surface area contributed by atoms with Gasteiger partial charge in [0, 0.05) is 43.0 Å². The van der Waals surface area contributed by atoms with Crippen molar-refractivity contribution in [2.45, 2.75) is 18.9 Å². The third kappa shape index (κ3) is 3.41. The molecular weight excluding hydrogens is 260 g/mol. The number of nitrogens with one attached hydrogen (secondary N) is 1. The summed E-state index contributed by atoms with van der Waals surface area (Å²) in [5, 5.41) is 4.50. The van der Waals surface area contributed by atoms with Gasteiger partial charge in [-0.05, 0) is 37.0 Å². The van der Waals surface area contributed by atoms with E-state index in [1.54, 1.807) is 0 Å². The predicted octanol–water partition coefficient (Wildman–Crippen LogP) is 2.54. The minimum atomic E-state index is 0.597. The topological polar surface area (TPSA) is 24.5 Å². The van der Waals surface area contributed by atoms with Crippen molar-refractivity contribution in [1.82, 2.24) is 5.32 Å². The molecule has 2 saturated heterocycles. The molecule has 3 rings (SSSR count). The average molecular weight is 281 g/mol. The fourth-order valence-corrected chi connectivity index (χ4v) is 3.10. The minimum Gasteiger partial charge on any atom is -0.381 e. The lowest BCUT2D eigenvalue weighted by molar-refractivity contribution is 0.184. The van der Waals surface area contributed by atoms with E-state index in [1.165, 1.54) is 18.5 Å². The van der Waals surface area contributed by atoms with Gasteiger partial charge in [0.2, 0.25) is 0 Å². The Labute approximate surface area is 119 Å². The quantitative estimate of drug-likeness (QED) is 0.917. The number of nitrogens with zero attached hydrogens (tertiary/aromatic N) is 1. The van der Waals surface area contributed by atoms with Crippen LogP contribution >= 0.6 is 11.6 Å². The lowest BCUT2D eigenvalue weighted by atomic mass is 10.1. The van der Waals surface area contributed by atoms with Crippen LogP contribution in [0, 0.1) is 5.92 Å².